The largest absolute Gasteiger partial charge is 0.480 e. The van der Waals surface area contributed by atoms with Crippen LogP contribution >= 0.6 is 15.9 Å². The summed E-state index contributed by atoms with van der Waals surface area (Å²) in [4.78, 5) is 12.2. The second-order valence-corrected chi connectivity index (χ2v) is 5.55. The van der Waals surface area contributed by atoms with Crippen LogP contribution in [0.15, 0.2) is 46.9 Å². The minimum Gasteiger partial charge on any atom is -0.480 e. The number of carbonyl (C=O) groups is 1. The number of halogens is 4. The van der Waals surface area contributed by atoms with Gasteiger partial charge in [-0.15, -0.1) is 0 Å². The third kappa shape index (κ3) is 4.89. The Labute approximate surface area is 144 Å². The van der Waals surface area contributed by atoms with Gasteiger partial charge in [-0.25, -0.2) is 4.39 Å². The molecule has 1 amide bonds. The van der Waals surface area contributed by atoms with Gasteiger partial charge in [-0.05, 0) is 53.2 Å². The number of ether oxygens (including phenoxy) is 2. The molecule has 1 N–H and O–H groups in total. The lowest BCUT2D eigenvalue weighted by Gasteiger charge is -2.17. The van der Waals surface area contributed by atoms with E-state index in [0.717, 1.165) is 0 Å². The molecule has 0 aliphatic rings. The third-order valence-electron chi connectivity index (χ3n) is 2.93. The highest BCUT2D eigenvalue weighted by molar-refractivity contribution is 9.10. The van der Waals surface area contributed by atoms with Crippen LogP contribution in [0.4, 0.5) is 18.9 Å². The first-order valence-corrected chi connectivity index (χ1v) is 7.62. The van der Waals surface area contributed by atoms with Gasteiger partial charge in [-0.1, -0.05) is 12.1 Å². The Kier molecular flexibility index (Phi) is 6.08. The molecule has 2 rings (SSSR count). The zero-order chi connectivity index (χ0) is 17.7. The highest BCUT2D eigenvalue weighted by atomic mass is 79.9. The summed E-state index contributed by atoms with van der Waals surface area (Å²) in [6.07, 6.45) is -0.952. The fourth-order valence-electron chi connectivity index (χ4n) is 1.82. The number of rotatable bonds is 6. The van der Waals surface area contributed by atoms with Crippen molar-refractivity contribution in [2.45, 2.75) is 19.6 Å². The number of anilines is 1. The van der Waals surface area contributed by atoms with E-state index in [1.807, 2.05) is 0 Å². The fourth-order valence-corrected chi connectivity index (χ4v) is 2.26. The highest BCUT2D eigenvalue weighted by Crippen LogP contribution is 2.28. The second kappa shape index (κ2) is 8.05. The first-order valence-electron chi connectivity index (χ1n) is 6.83. The number of alkyl halides is 2. The minimum atomic E-state index is -3.01. The number of hydrogen-bond donors (Lipinski definition) is 1. The molecule has 24 heavy (non-hydrogen) atoms. The van der Waals surface area contributed by atoms with Gasteiger partial charge in [0.1, 0.15) is 17.3 Å². The molecule has 0 aliphatic heterocycles. The van der Waals surface area contributed by atoms with E-state index in [1.54, 1.807) is 6.07 Å². The van der Waals surface area contributed by atoms with Crippen LogP contribution in [-0.4, -0.2) is 18.6 Å². The van der Waals surface area contributed by atoms with E-state index in [0.29, 0.717) is 4.47 Å². The van der Waals surface area contributed by atoms with E-state index in [2.05, 4.69) is 26.0 Å². The zero-order valence-electron chi connectivity index (χ0n) is 12.4. The van der Waals surface area contributed by atoms with Gasteiger partial charge < -0.3 is 14.8 Å². The summed E-state index contributed by atoms with van der Waals surface area (Å²) in [5, 5.41) is 2.46. The molecule has 2 aromatic rings. The molecule has 0 fully saturated rings. The summed E-state index contributed by atoms with van der Waals surface area (Å²) < 4.78 is 47.9. The number of carbonyl (C=O) groups excluding carboxylic acids is 1. The Morgan fingerprint density at radius 2 is 1.83 bits per heavy atom. The van der Waals surface area contributed by atoms with Crippen molar-refractivity contribution in [3.05, 3.63) is 52.8 Å². The molecule has 1 atom stereocenters. The lowest BCUT2D eigenvalue weighted by molar-refractivity contribution is -0.122. The Balaban J connectivity index is 2.06. The van der Waals surface area contributed by atoms with Crippen molar-refractivity contribution in [1.82, 2.24) is 0 Å². The molecular formula is C16H13BrF3NO3. The van der Waals surface area contributed by atoms with Crippen LogP contribution < -0.4 is 14.8 Å². The Morgan fingerprint density at radius 1 is 1.12 bits per heavy atom. The maximum absolute atomic E-state index is 13.0. The van der Waals surface area contributed by atoms with Crippen molar-refractivity contribution < 1.29 is 27.4 Å². The van der Waals surface area contributed by atoms with E-state index < -0.39 is 24.4 Å². The summed E-state index contributed by atoms with van der Waals surface area (Å²) >= 11 is 3.13. The number of para-hydroxylation sites is 2. The van der Waals surface area contributed by atoms with Gasteiger partial charge in [0, 0.05) is 0 Å². The topological polar surface area (TPSA) is 47.6 Å². The van der Waals surface area contributed by atoms with Crippen LogP contribution in [-0.2, 0) is 4.79 Å². The third-order valence-corrected chi connectivity index (χ3v) is 3.55. The molecule has 8 heteroatoms. The van der Waals surface area contributed by atoms with Crippen molar-refractivity contribution in [3.63, 3.8) is 0 Å². The lowest BCUT2D eigenvalue weighted by Crippen LogP contribution is -2.30. The van der Waals surface area contributed by atoms with Crippen LogP contribution in [0.2, 0.25) is 0 Å². The molecule has 0 aromatic heterocycles. The van der Waals surface area contributed by atoms with Crippen molar-refractivity contribution in [2.24, 2.45) is 0 Å². The van der Waals surface area contributed by atoms with Crippen LogP contribution in [0.1, 0.15) is 6.92 Å². The zero-order valence-corrected chi connectivity index (χ0v) is 14.0. The summed E-state index contributed by atoms with van der Waals surface area (Å²) in [5.74, 6) is -0.909. The summed E-state index contributed by atoms with van der Waals surface area (Å²) in [6.45, 7) is -1.53. The molecule has 4 nitrogen and oxygen atoms in total. The molecule has 0 spiro atoms. The van der Waals surface area contributed by atoms with Crippen LogP contribution in [0, 0.1) is 5.82 Å². The van der Waals surface area contributed by atoms with Crippen LogP contribution in [0.5, 0.6) is 11.5 Å². The van der Waals surface area contributed by atoms with Gasteiger partial charge in [-0.3, -0.25) is 4.79 Å². The summed E-state index contributed by atoms with van der Waals surface area (Å²) in [5.41, 5.74) is 0.0939. The predicted octanol–water partition coefficient (Wildman–Crippen LogP) is 4.60. The summed E-state index contributed by atoms with van der Waals surface area (Å²) in [6, 6.07) is 9.57. The number of hydrogen-bond acceptors (Lipinski definition) is 3. The average Bonchev–Trinajstić information content (AvgIpc) is 2.51. The fraction of sp³-hybridized carbons (Fsp3) is 0.188. The molecule has 128 valence electrons. The molecule has 0 radical (unpaired) electrons. The second-order valence-electron chi connectivity index (χ2n) is 4.70. The van der Waals surface area contributed by atoms with Crippen LogP contribution in [0.3, 0.4) is 0 Å². The average molecular weight is 404 g/mol. The summed E-state index contributed by atoms with van der Waals surface area (Å²) in [7, 11) is 0. The van der Waals surface area contributed by atoms with Crippen LogP contribution in [0.25, 0.3) is 0 Å². The first kappa shape index (κ1) is 18.1. The molecular weight excluding hydrogens is 391 g/mol. The molecule has 0 heterocycles. The van der Waals surface area contributed by atoms with Crippen molar-refractivity contribution in [2.75, 3.05) is 5.32 Å². The van der Waals surface area contributed by atoms with Gasteiger partial charge in [0.05, 0.1) is 10.2 Å². The Bertz CT molecular complexity index is 727. The Morgan fingerprint density at radius 3 is 2.50 bits per heavy atom. The van der Waals surface area contributed by atoms with Gasteiger partial charge in [0.2, 0.25) is 0 Å². The monoisotopic (exact) mass is 403 g/mol. The predicted molar refractivity (Wildman–Crippen MR) is 85.9 cm³/mol. The first-order chi connectivity index (χ1) is 11.4. The molecule has 0 saturated carbocycles. The Hall–Kier alpha value is -2.22. The van der Waals surface area contributed by atoms with Gasteiger partial charge in [0.25, 0.3) is 5.91 Å². The molecule has 0 unspecified atom stereocenters. The molecule has 0 bridgehead atoms. The van der Waals surface area contributed by atoms with E-state index in [1.165, 1.54) is 43.3 Å². The maximum Gasteiger partial charge on any atom is 0.387 e. The van der Waals surface area contributed by atoms with Gasteiger partial charge in [0.15, 0.2) is 6.10 Å². The quantitative estimate of drug-likeness (QED) is 0.766. The van der Waals surface area contributed by atoms with E-state index in [4.69, 9.17) is 4.74 Å². The SMILES string of the molecule is C[C@@H](Oc1ccc(F)cc1Br)C(=O)Nc1ccccc1OC(F)F. The standard InChI is InChI=1S/C16H13BrF3NO3/c1-9(23-13-7-6-10(18)8-11(13)17)15(22)21-12-4-2-3-5-14(12)24-16(19)20/h2-9,16H,1H3,(H,21,22)/t9-/m1/s1. The normalized spacial score (nSPS) is 11.9. The van der Waals surface area contributed by atoms with Crippen molar-refractivity contribution in [3.8, 4) is 11.5 Å². The maximum atomic E-state index is 13.0. The number of benzene rings is 2. The smallest absolute Gasteiger partial charge is 0.387 e. The van der Waals surface area contributed by atoms with Crippen molar-refractivity contribution in [1.29, 1.82) is 0 Å². The van der Waals surface area contributed by atoms with E-state index in [-0.39, 0.29) is 17.2 Å². The van der Waals surface area contributed by atoms with E-state index in [9.17, 15) is 18.0 Å². The highest BCUT2D eigenvalue weighted by Gasteiger charge is 2.19. The molecule has 2 aromatic carbocycles. The minimum absolute atomic E-state index is 0.0939. The van der Waals surface area contributed by atoms with Gasteiger partial charge in [-0.2, -0.15) is 8.78 Å². The number of amides is 1. The lowest BCUT2D eigenvalue weighted by atomic mass is 10.2. The van der Waals surface area contributed by atoms with E-state index >= 15 is 0 Å². The number of nitrogens with one attached hydrogen (secondary N) is 1. The van der Waals surface area contributed by atoms with Gasteiger partial charge >= 0.3 is 6.61 Å². The van der Waals surface area contributed by atoms with Crippen molar-refractivity contribution >= 4 is 27.5 Å². The molecule has 0 aliphatic carbocycles. The molecule has 0 saturated heterocycles.